The van der Waals surface area contributed by atoms with Crippen LogP contribution in [-0.2, 0) is 15.6 Å². The zero-order chi connectivity index (χ0) is 21.2. The number of halogens is 1. The summed E-state index contributed by atoms with van der Waals surface area (Å²) in [5.74, 6) is -0.870. The third-order valence-corrected chi connectivity index (χ3v) is 6.08. The number of carbonyl (C=O) groups excluding carboxylic acids is 1. The second-order valence-corrected chi connectivity index (χ2v) is 9.16. The van der Waals surface area contributed by atoms with E-state index in [1.54, 1.807) is 12.1 Å². The lowest BCUT2D eigenvalue weighted by molar-refractivity contribution is 0.102. The number of anilines is 1. The lowest BCUT2D eigenvalue weighted by Gasteiger charge is -2.11. The molecule has 0 fully saturated rings. The van der Waals surface area contributed by atoms with E-state index in [1.807, 2.05) is 51.1 Å². The molecule has 1 amide bonds. The lowest BCUT2D eigenvalue weighted by Crippen LogP contribution is -2.18. The number of nitrogens with one attached hydrogen (secondary N) is 1. The third kappa shape index (κ3) is 4.99. The van der Waals surface area contributed by atoms with Crippen molar-refractivity contribution in [2.45, 2.75) is 31.7 Å². The molecule has 150 valence electrons. The maximum Gasteiger partial charge on any atom is 0.275 e. The normalized spacial score (nSPS) is 11.3. The average Bonchev–Trinajstić information content (AvgIpc) is 2.66. The van der Waals surface area contributed by atoms with E-state index in [0.717, 1.165) is 22.9 Å². The van der Waals surface area contributed by atoms with Crippen molar-refractivity contribution in [1.29, 1.82) is 0 Å². The molecule has 0 saturated carbocycles. The number of benzene rings is 2. The fourth-order valence-corrected chi connectivity index (χ4v) is 4.06. The minimum atomic E-state index is -3.85. The first-order valence-corrected chi connectivity index (χ1v) is 10.9. The van der Waals surface area contributed by atoms with Crippen molar-refractivity contribution in [2.75, 3.05) is 5.32 Å². The van der Waals surface area contributed by atoms with Crippen LogP contribution in [0.3, 0.4) is 0 Å². The summed E-state index contributed by atoms with van der Waals surface area (Å²) in [6.45, 7) is 5.68. The summed E-state index contributed by atoms with van der Waals surface area (Å²) in [6.07, 6.45) is 1.13. The monoisotopic (exact) mass is 429 g/mol. The highest BCUT2D eigenvalue weighted by Gasteiger charge is 2.23. The molecule has 8 heteroatoms. The van der Waals surface area contributed by atoms with Gasteiger partial charge in [0, 0.05) is 5.69 Å². The van der Waals surface area contributed by atoms with Crippen LogP contribution >= 0.6 is 11.6 Å². The second kappa shape index (κ2) is 8.31. The van der Waals surface area contributed by atoms with Gasteiger partial charge in [-0.2, -0.15) is 0 Å². The molecule has 3 aromatic rings. The Morgan fingerprint density at radius 1 is 1.03 bits per heavy atom. The van der Waals surface area contributed by atoms with E-state index < -0.39 is 20.9 Å². The summed E-state index contributed by atoms with van der Waals surface area (Å²) in [7, 11) is -3.85. The minimum Gasteiger partial charge on any atom is -0.320 e. The molecule has 0 atom stereocenters. The van der Waals surface area contributed by atoms with Crippen LogP contribution in [-0.4, -0.2) is 24.3 Å². The van der Waals surface area contributed by atoms with E-state index in [-0.39, 0.29) is 16.5 Å². The van der Waals surface area contributed by atoms with Gasteiger partial charge in [0.15, 0.2) is 5.69 Å². The Kier molecular flexibility index (Phi) is 6.00. The van der Waals surface area contributed by atoms with Crippen LogP contribution in [0.5, 0.6) is 0 Å². The quantitative estimate of drug-likeness (QED) is 0.611. The van der Waals surface area contributed by atoms with Crippen molar-refractivity contribution < 1.29 is 13.2 Å². The predicted octanol–water partition coefficient (Wildman–Crippen LogP) is 4.28. The van der Waals surface area contributed by atoms with Crippen LogP contribution in [0.15, 0.2) is 53.8 Å². The first-order chi connectivity index (χ1) is 13.7. The molecular formula is C21H20ClN3O3S. The number of amides is 1. The first kappa shape index (κ1) is 21.0. The largest absolute Gasteiger partial charge is 0.320 e. The van der Waals surface area contributed by atoms with Gasteiger partial charge in [0.1, 0.15) is 0 Å². The number of sulfone groups is 1. The van der Waals surface area contributed by atoms with Gasteiger partial charge in [-0.05, 0) is 43.5 Å². The maximum atomic E-state index is 12.7. The van der Waals surface area contributed by atoms with Gasteiger partial charge >= 0.3 is 0 Å². The van der Waals surface area contributed by atoms with Crippen molar-refractivity contribution in [1.82, 2.24) is 9.97 Å². The third-order valence-electron chi connectivity index (χ3n) is 4.33. The molecule has 0 radical (unpaired) electrons. The van der Waals surface area contributed by atoms with Crippen molar-refractivity contribution in [2.24, 2.45) is 0 Å². The molecule has 0 aliphatic rings. The Hall–Kier alpha value is -2.77. The molecular weight excluding hydrogens is 410 g/mol. The fraction of sp³-hybridized carbons (Fsp3) is 0.190. The smallest absolute Gasteiger partial charge is 0.275 e. The maximum absolute atomic E-state index is 12.7. The molecule has 0 aliphatic carbocycles. The van der Waals surface area contributed by atoms with Crippen molar-refractivity contribution in [3.8, 4) is 0 Å². The number of hydrogen-bond acceptors (Lipinski definition) is 5. The van der Waals surface area contributed by atoms with E-state index >= 15 is 0 Å². The summed E-state index contributed by atoms with van der Waals surface area (Å²) in [4.78, 5) is 20.5. The molecule has 1 aromatic heterocycles. The Bertz CT molecular complexity index is 1180. The van der Waals surface area contributed by atoms with Gasteiger partial charge < -0.3 is 5.32 Å². The van der Waals surface area contributed by atoms with E-state index in [2.05, 4.69) is 15.3 Å². The van der Waals surface area contributed by atoms with Crippen LogP contribution in [0, 0.1) is 20.8 Å². The van der Waals surface area contributed by atoms with Gasteiger partial charge in [-0.25, -0.2) is 18.4 Å². The molecule has 0 bridgehead atoms. The van der Waals surface area contributed by atoms with Crippen LogP contribution in [0.1, 0.15) is 32.7 Å². The molecule has 0 spiro atoms. The number of nitrogens with zero attached hydrogens (tertiary/aromatic N) is 2. The molecule has 6 nitrogen and oxygen atoms in total. The molecule has 2 aromatic carbocycles. The summed E-state index contributed by atoms with van der Waals surface area (Å²) < 4.78 is 25.5. The number of carbonyl (C=O) groups is 1. The van der Waals surface area contributed by atoms with Crippen LogP contribution in [0.4, 0.5) is 5.69 Å². The molecule has 29 heavy (non-hydrogen) atoms. The lowest BCUT2D eigenvalue weighted by atomic mass is 10.1. The molecule has 0 unspecified atom stereocenters. The highest BCUT2D eigenvalue weighted by Crippen LogP contribution is 2.21. The molecule has 0 aliphatic heterocycles. The van der Waals surface area contributed by atoms with Crippen LogP contribution in [0.2, 0.25) is 5.02 Å². The summed E-state index contributed by atoms with van der Waals surface area (Å²) in [6, 6.07) is 12.8. The molecule has 3 rings (SSSR count). The molecule has 0 saturated heterocycles. The minimum absolute atomic E-state index is 0.0258. The topological polar surface area (TPSA) is 89.0 Å². The van der Waals surface area contributed by atoms with Gasteiger partial charge in [0.05, 0.1) is 17.0 Å². The highest BCUT2D eigenvalue weighted by molar-refractivity contribution is 7.90. The van der Waals surface area contributed by atoms with Crippen molar-refractivity contribution >= 4 is 33.0 Å². The SMILES string of the molecule is Cc1ccc(CS(=O)(=O)c2ncc(Cl)c(C(=O)Nc3cc(C)ccc3C)n2)cc1. The molecule has 1 N–H and O–H groups in total. The standard InChI is InChI=1S/C21H20ClN3O3S/c1-13-5-8-16(9-6-13)12-29(27,28)21-23-11-17(22)19(25-21)20(26)24-18-10-14(2)4-7-15(18)3/h4-11H,12H2,1-3H3,(H,24,26). The van der Waals surface area contributed by atoms with E-state index in [1.165, 1.54) is 0 Å². The Balaban J connectivity index is 1.89. The van der Waals surface area contributed by atoms with Crippen molar-refractivity contribution in [3.05, 3.63) is 81.6 Å². The van der Waals surface area contributed by atoms with E-state index in [4.69, 9.17) is 11.6 Å². The Morgan fingerprint density at radius 2 is 1.69 bits per heavy atom. The van der Waals surface area contributed by atoms with Crippen molar-refractivity contribution in [3.63, 3.8) is 0 Å². The van der Waals surface area contributed by atoms with Gasteiger partial charge in [0.25, 0.3) is 5.91 Å². The van der Waals surface area contributed by atoms with Crippen LogP contribution < -0.4 is 5.32 Å². The summed E-state index contributed by atoms with van der Waals surface area (Å²) >= 11 is 6.08. The Morgan fingerprint density at radius 3 is 2.38 bits per heavy atom. The van der Waals surface area contributed by atoms with Gasteiger partial charge in [0.2, 0.25) is 15.0 Å². The molecule has 1 heterocycles. The predicted molar refractivity (Wildman–Crippen MR) is 113 cm³/mol. The number of hydrogen-bond donors (Lipinski definition) is 1. The number of aromatic nitrogens is 2. The zero-order valence-corrected chi connectivity index (χ0v) is 17.8. The fourth-order valence-electron chi connectivity index (χ4n) is 2.68. The van der Waals surface area contributed by atoms with Gasteiger partial charge in [-0.1, -0.05) is 53.6 Å². The first-order valence-electron chi connectivity index (χ1n) is 8.85. The van der Waals surface area contributed by atoms with Crippen LogP contribution in [0.25, 0.3) is 0 Å². The second-order valence-electron chi connectivity index (χ2n) is 6.87. The number of rotatable bonds is 5. The van der Waals surface area contributed by atoms with E-state index in [0.29, 0.717) is 11.3 Å². The zero-order valence-electron chi connectivity index (χ0n) is 16.2. The summed E-state index contributed by atoms with van der Waals surface area (Å²) in [5.41, 5.74) is 3.89. The van der Waals surface area contributed by atoms with Gasteiger partial charge in [-0.3, -0.25) is 4.79 Å². The van der Waals surface area contributed by atoms with Gasteiger partial charge in [-0.15, -0.1) is 0 Å². The number of aryl methyl sites for hydroxylation is 3. The summed E-state index contributed by atoms with van der Waals surface area (Å²) in [5, 5.41) is 2.27. The average molecular weight is 430 g/mol. The Labute approximate surface area is 174 Å². The van der Waals surface area contributed by atoms with E-state index in [9.17, 15) is 13.2 Å². The highest BCUT2D eigenvalue weighted by atomic mass is 35.5.